The SMILES string of the molecule is Cc1nc(-c2cccc(F)c2O)n(CCc2ccccc2)c(=O)c1-c1ccc(-c2csc(N)n2)s1. The summed E-state index contributed by atoms with van der Waals surface area (Å²) in [7, 11) is 0. The zero-order valence-electron chi connectivity index (χ0n) is 18.7. The van der Waals surface area contributed by atoms with Crippen molar-refractivity contribution in [3.63, 3.8) is 0 Å². The Kier molecular flexibility index (Phi) is 6.19. The minimum atomic E-state index is -0.765. The fourth-order valence-electron chi connectivity index (χ4n) is 3.95. The molecule has 2 aromatic carbocycles. The van der Waals surface area contributed by atoms with E-state index in [9.17, 15) is 14.3 Å². The van der Waals surface area contributed by atoms with E-state index in [0.717, 1.165) is 21.0 Å². The van der Waals surface area contributed by atoms with Crippen LogP contribution >= 0.6 is 22.7 Å². The second-order valence-electron chi connectivity index (χ2n) is 7.96. The first-order chi connectivity index (χ1) is 16.9. The van der Waals surface area contributed by atoms with Crippen molar-refractivity contribution < 1.29 is 9.50 Å². The van der Waals surface area contributed by atoms with Gasteiger partial charge in [0, 0.05) is 16.8 Å². The highest BCUT2D eigenvalue weighted by Crippen LogP contribution is 2.36. The number of rotatable bonds is 6. The number of nitrogens with two attached hydrogens (primary N) is 1. The van der Waals surface area contributed by atoms with E-state index >= 15 is 0 Å². The molecular formula is C26H21FN4O2S2. The van der Waals surface area contributed by atoms with Crippen LogP contribution in [0.25, 0.3) is 32.4 Å². The van der Waals surface area contributed by atoms with Crippen LogP contribution in [0.15, 0.2) is 70.8 Å². The number of benzene rings is 2. The van der Waals surface area contributed by atoms with E-state index in [4.69, 9.17) is 10.7 Å². The van der Waals surface area contributed by atoms with Crippen molar-refractivity contribution in [3.8, 4) is 38.1 Å². The zero-order chi connectivity index (χ0) is 24.5. The molecule has 0 fully saturated rings. The normalized spacial score (nSPS) is 11.1. The highest BCUT2D eigenvalue weighted by Gasteiger charge is 2.21. The Morgan fingerprint density at radius 1 is 1.03 bits per heavy atom. The van der Waals surface area contributed by atoms with E-state index in [2.05, 4.69) is 4.98 Å². The number of aryl methyl sites for hydroxylation is 2. The fraction of sp³-hybridized carbons (Fsp3) is 0.115. The molecule has 0 spiro atoms. The van der Waals surface area contributed by atoms with Gasteiger partial charge < -0.3 is 10.8 Å². The summed E-state index contributed by atoms with van der Waals surface area (Å²) in [6.45, 7) is 2.06. The van der Waals surface area contributed by atoms with Gasteiger partial charge in [0.05, 0.1) is 27.4 Å². The Balaban J connectivity index is 1.65. The highest BCUT2D eigenvalue weighted by atomic mass is 32.1. The van der Waals surface area contributed by atoms with Gasteiger partial charge in [-0.25, -0.2) is 14.4 Å². The Morgan fingerprint density at radius 2 is 1.80 bits per heavy atom. The third-order valence-corrected chi connectivity index (χ3v) is 7.47. The lowest BCUT2D eigenvalue weighted by Gasteiger charge is -2.16. The largest absolute Gasteiger partial charge is 0.504 e. The second kappa shape index (κ2) is 9.44. The van der Waals surface area contributed by atoms with Crippen LogP contribution in [0.3, 0.4) is 0 Å². The number of para-hydroxylation sites is 1. The number of nitrogen functional groups attached to an aromatic ring is 1. The van der Waals surface area contributed by atoms with Gasteiger partial charge in [0.15, 0.2) is 16.7 Å². The molecule has 0 unspecified atom stereocenters. The molecule has 5 rings (SSSR count). The summed E-state index contributed by atoms with van der Waals surface area (Å²) in [5.74, 6) is -1.06. The van der Waals surface area contributed by atoms with E-state index in [1.165, 1.54) is 39.4 Å². The third kappa shape index (κ3) is 4.48. The molecule has 0 aliphatic heterocycles. The molecule has 0 bridgehead atoms. The van der Waals surface area contributed by atoms with Crippen molar-refractivity contribution in [2.45, 2.75) is 19.9 Å². The number of anilines is 1. The molecule has 6 nitrogen and oxygen atoms in total. The zero-order valence-corrected chi connectivity index (χ0v) is 20.4. The molecule has 3 heterocycles. The van der Waals surface area contributed by atoms with Gasteiger partial charge in [0.1, 0.15) is 5.82 Å². The lowest BCUT2D eigenvalue weighted by molar-refractivity contribution is 0.433. The molecule has 3 N–H and O–H groups in total. The van der Waals surface area contributed by atoms with Gasteiger partial charge in [-0.15, -0.1) is 22.7 Å². The van der Waals surface area contributed by atoms with Crippen molar-refractivity contribution in [2.75, 3.05) is 5.73 Å². The summed E-state index contributed by atoms with van der Waals surface area (Å²) in [4.78, 5) is 24.5. The predicted octanol–water partition coefficient (Wildman–Crippen LogP) is 5.74. The fourth-order valence-corrected chi connectivity index (χ4v) is 5.64. The Labute approximate surface area is 208 Å². The lowest BCUT2D eigenvalue weighted by atomic mass is 10.1. The summed E-state index contributed by atoms with van der Waals surface area (Å²) < 4.78 is 15.7. The molecule has 0 atom stereocenters. The Hall–Kier alpha value is -3.82. The molecule has 9 heteroatoms. The highest BCUT2D eigenvalue weighted by molar-refractivity contribution is 7.19. The number of hydrogen-bond donors (Lipinski definition) is 2. The number of thiophene rings is 1. The van der Waals surface area contributed by atoms with Gasteiger partial charge in [0.2, 0.25) is 0 Å². The lowest BCUT2D eigenvalue weighted by Crippen LogP contribution is -2.27. The third-order valence-electron chi connectivity index (χ3n) is 5.67. The molecule has 0 saturated carbocycles. The van der Waals surface area contributed by atoms with E-state index in [1.54, 1.807) is 13.0 Å². The van der Waals surface area contributed by atoms with Crippen molar-refractivity contribution in [1.29, 1.82) is 0 Å². The minimum absolute atomic E-state index is 0.176. The molecule has 35 heavy (non-hydrogen) atoms. The molecule has 0 amide bonds. The van der Waals surface area contributed by atoms with Crippen molar-refractivity contribution >= 4 is 27.8 Å². The van der Waals surface area contributed by atoms with Crippen LogP contribution in [0.4, 0.5) is 9.52 Å². The number of thiazole rings is 1. The van der Waals surface area contributed by atoms with E-state index in [-0.39, 0.29) is 16.9 Å². The maximum atomic E-state index is 14.2. The van der Waals surface area contributed by atoms with Gasteiger partial charge in [0.25, 0.3) is 5.56 Å². The standard InChI is InChI=1S/C26H21FN4O2S2/c1-15-22(21-11-10-20(35-21)19-14-34-26(28)30-19)25(33)31(13-12-16-6-3-2-4-7-16)24(29-15)17-8-5-9-18(27)23(17)32/h2-11,14,32H,12-13H2,1H3,(H2,28,30). The molecule has 5 aromatic rings. The van der Waals surface area contributed by atoms with Crippen LogP contribution in [0.2, 0.25) is 0 Å². The smallest absolute Gasteiger partial charge is 0.262 e. The van der Waals surface area contributed by atoms with Crippen LogP contribution in [0, 0.1) is 12.7 Å². The molecule has 0 aliphatic carbocycles. The number of nitrogens with zero attached hydrogens (tertiary/aromatic N) is 3. The number of hydrogen-bond acceptors (Lipinski definition) is 7. The minimum Gasteiger partial charge on any atom is -0.504 e. The van der Waals surface area contributed by atoms with Crippen LogP contribution in [-0.4, -0.2) is 19.6 Å². The van der Waals surface area contributed by atoms with Crippen LogP contribution < -0.4 is 11.3 Å². The molecule has 3 aromatic heterocycles. The molecule has 0 aliphatic rings. The van der Waals surface area contributed by atoms with Crippen molar-refractivity contribution in [1.82, 2.24) is 14.5 Å². The first kappa shape index (κ1) is 22.9. The van der Waals surface area contributed by atoms with Crippen molar-refractivity contribution in [3.05, 3.63) is 93.5 Å². The predicted molar refractivity (Wildman–Crippen MR) is 139 cm³/mol. The average molecular weight is 505 g/mol. The van der Waals surface area contributed by atoms with Gasteiger partial charge in [-0.2, -0.15) is 0 Å². The van der Waals surface area contributed by atoms with Gasteiger partial charge in [-0.3, -0.25) is 9.36 Å². The number of aromatic hydroxyl groups is 1. The number of phenols is 1. The van der Waals surface area contributed by atoms with E-state index < -0.39 is 11.6 Å². The van der Waals surface area contributed by atoms with E-state index in [1.807, 2.05) is 47.8 Å². The average Bonchev–Trinajstić information content (AvgIpc) is 3.50. The summed E-state index contributed by atoms with van der Waals surface area (Å²) in [5.41, 5.74) is 8.48. The topological polar surface area (TPSA) is 94.0 Å². The molecule has 0 saturated heterocycles. The maximum absolute atomic E-state index is 14.2. The maximum Gasteiger partial charge on any atom is 0.262 e. The molecule has 176 valence electrons. The quantitative estimate of drug-likeness (QED) is 0.308. The Morgan fingerprint density at radius 3 is 2.54 bits per heavy atom. The number of phenolic OH excluding ortho intramolecular Hbond substituents is 1. The van der Waals surface area contributed by atoms with Gasteiger partial charge >= 0.3 is 0 Å². The second-order valence-corrected chi connectivity index (χ2v) is 9.93. The number of halogens is 1. The van der Waals surface area contributed by atoms with Gasteiger partial charge in [-0.05, 0) is 43.2 Å². The number of aromatic nitrogens is 3. The summed E-state index contributed by atoms with van der Waals surface area (Å²) in [6.07, 6.45) is 0.571. The van der Waals surface area contributed by atoms with Crippen LogP contribution in [0.5, 0.6) is 5.75 Å². The molecular weight excluding hydrogens is 483 g/mol. The first-order valence-electron chi connectivity index (χ1n) is 10.9. The van der Waals surface area contributed by atoms with E-state index in [0.29, 0.717) is 29.4 Å². The van der Waals surface area contributed by atoms with Crippen molar-refractivity contribution in [2.24, 2.45) is 0 Å². The van der Waals surface area contributed by atoms with Crippen LogP contribution in [-0.2, 0) is 13.0 Å². The Bertz CT molecular complexity index is 1570. The van der Waals surface area contributed by atoms with Gasteiger partial charge in [-0.1, -0.05) is 36.4 Å². The molecule has 0 radical (unpaired) electrons. The van der Waals surface area contributed by atoms with Crippen LogP contribution in [0.1, 0.15) is 11.3 Å². The summed E-state index contributed by atoms with van der Waals surface area (Å²) in [5, 5.41) is 12.8. The summed E-state index contributed by atoms with van der Waals surface area (Å²) >= 11 is 2.80. The summed E-state index contributed by atoms with van der Waals surface area (Å²) in [6, 6.07) is 17.8. The first-order valence-corrected chi connectivity index (χ1v) is 12.6. The monoisotopic (exact) mass is 504 g/mol.